The largest absolute Gasteiger partial charge is 0.508 e. The Morgan fingerprint density at radius 1 is 1.21 bits per heavy atom. The number of carbonyl (C=O) groups excluding carboxylic acids is 1. The minimum atomic E-state index is -1.58. The zero-order valence-electron chi connectivity index (χ0n) is 11.0. The number of aliphatic carboxylic acids is 1. The van der Waals surface area contributed by atoms with Crippen LogP contribution < -0.4 is 0 Å². The molecular formula is C14H18O5. The van der Waals surface area contributed by atoms with E-state index in [0.29, 0.717) is 5.56 Å². The summed E-state index contributed by atoms with van der Waals surface area (Å²) in [5.41, 5.74) is -0.914. The highest BCUT2D eigenvalue weighted by molar-refractivity contribution is 5.99. The fourth-order valence-electron chi connectivity index (χ4n) is 1.89. The van der Waals surface area contributed by atoms with Crippen molar-refractivity contribution in [2.75, 3.05) is 6.61 Å². The van der Waals surface area contributed by atoms with Gasteiger partial charge in [0.25, 0.3) is 0 Å². The number of rotatable bonds is 6. The van der Waals surface area contributed by atoms with Gasteiger partial charge in [-0.15, -0.1) is 0 Å². The van der Waals surface area contributed by atoms with Gasteiger partial charge in [-0.2, -0.15) is 0 Å². The minimum Gasteiger partial charge on any atom is -0.508 e. The second kappa shape index (κ2) is 6.22. The summed E-state index contributed by atoms with van der Waals surface area (Å²) in [5.74, 6) is -1.82. The molecule has 1 aromatic rings. The van der Waals surface area contributed by atoms with E-state index in [0.717, 1.165) is 0 Å². The lowest BCUT2D eigenvalue weighted by Crippen LogP contribution is -2.42. The predicted molar refractivity (Wildman–Crippen MR) is 68.8 cm³/mol. The molecule has 1 unspecified atom stereocenters. The Balaban J connectivity index is 3.06. The quantitative estimate of drug-likeness (QED) is 0.607. The Morgan fingerprint density at radius 2 is 1.79 bits per heavy atom. The van der Waals surface area contributed by atoms with Gasteiger partial charge in [-0.25, -0.2) is 0 Å². The van der Waals surface area contributed by atoms with E-state index in [4.69, 9.17) is 4.74 Å². The van der Waals surface area contributed by atoms with Crippen LogP contribution in [0.2, 0.25) is 0 Å². The van der Waals surface area contributed by atoms with Crippen LogP contribution in [-0.4, -0.2) is 28.8 Å². The molecule has 0 aliphatic rings. The van der Waals surface area contributed by atoms with Crippen LogP contribution in [0.3, 0.4) is 0 Å². The third kappa shape index (κ3) is 3.24. The van der Waals surface area contributed by atoms with Gasteiger partial charge >= 0.3 is 11.9 Å². The van der Waals surface area contributed by atoms with E-state index >= 15 is 0 Å². The number of phenolic OH excluding ortho intramolecular Hbond substituents is 1. The number of carbonyl (C=O) groups is 2. The molecule has 0 fully saturated rings. The van der Waals surface area contributed by atoms with Crippen LogP contribution in [0, 0.1) is 5.41 Å². The number of phenols is 1. The summed E-state index contributed by atoms with van der Waals surface area (Å²) in [7, 11) is 0. The van der Waals surface area contributed by atoms with E-state index in [1.165, 1.54) is 12.1 Å². The van der Waals surface area contributed by atoms with Gasteiger partial charge in [0.1, 0.15) is 5.75 Å². The third-order valence-electron chi connectivity index (χ3n) is 3.12. The van der Waals surface area contributed by atoms with Gasteiger partial charge in [-0.3, -0.25) is 9.59 Å². The molecule has 0 amide bonds. The van der Waals surface area contributed by atoms with Crippen LogP contribution in [-0.2, 0) is 20.7 Å². The Morgan fingerprint density at radius 3 is 2.21 bits per heavy atom. The maximum absolute atomic E-state index is 12.0. The summed E-state index contributed by atoms with van der Waals surface area (Å²) in [6.07, 6.45) is 0.181. The maximum atomic E-state index is 12.0. The monoisotopic (exact) mass is 266 g/mol. The van der Waals surface area contributed by atoms with Gasteiger partial charge < -0.3 is 14.9 Å². The van der Waals surface area contributed by atoms with Crippen LogP contribution in [0.25, 0.3) is 0 Å². The summed E-state index contributed by atoms with van der Waals surface area (Å²) in [5, 5.41) is 18.6. The molecule has 1 atom stereocenters. The van der Waals surface area contributed by atoms with Crippen molar-refractivity contribution in [2.45, 2.75) is 26.7 Å². The van der Waals surface area contributed by atoms with Crippen molar-refractivity contribution in [1.82, 2.24) is 0 Å². The van der Waals surface area contributed by atoms with Crippen LogP contribution in [0.4, 0.5) is 0 Å². The fraction of sp³-hybridized carbons (Fsp3) is 0.429. The van der Waals surface area contributed by atoms with Crippen molar-refractivity contribution >= 4 is 11.9 Å². The number of esters is 1. The van der Waals surface area contributed by atoms with Gasteiger partial charge in [-0.1, -0.05) is 19.1 Å². The number of hydrogen-bond donors (Lipinski definition) is 2. The van der Waals surface area contributed by atoms with E-state index < -0.39 is 17.4 Å². The molecule has 0 saturated carbocycles. The molecule has 0 aliphatic heterocycles. The molecule has 0 aromatic heterocycles. The summed E-state index contributed by atoms with van der Waals surface area (Å²) >= 11 is 0. The van der Waals surface area contributed by atoms with Gasteiger partial charge in [0, 0.05) is 0 Å². The first-order valence-electron chi connectivity index (χ1n) is 6.14. The number of benzene rings is 1. The molecule has 5 heteroatoms. The zero-order chi connectivity index (χ0) is 14.5. The van der Waals surface area contributed by atoms with Crippen LogP contribution in [0.5, 0.6) is 5.75 Å². The topological polar surface area (TPSA) is 83.8 Å². The molecule has 0 heterocycles. The van der Waals surface area contributed by atoms with Crippen LogP contribution in [0.1, 0.15) is 25.8 Å². The van der Waals surface area contributed by atoms with Gasteiger partial charge in [0.2, 0.25) is 0 Å². The van der Waals surface area contributed by atoms with Crippen molar-refractivity contribution in [2.24, 2.45) is 5.41 Å². The molecule has 0 spiro atoms. The number of carboxylic acid groups (broad SMARTS) is 1. The first kappa shape index (κ1) is 15.0. The standard InChI is InChI=1S/C14H18O5/c1-3-14(12(16)17,13(18)19-4-2)9-10-5-7-11(15)8-6-10/h5-8,15H,3-4,9H2,1-2H3,(H,16,17). The first-order chi connectivity index (χ1) is 8.96. The summed E-state index contributed by atoms with van der Waals surface area (Å²) in [6.45, 7) is 3.43. The number of carboxylic acids is 1. The van der Waals surface area contributed by atoms with E-state index in [2.05, 4.69) is 0 Å². The molecule has 2 N–H and O–H groups in total. The Bertz CT molecular complexity index is 451. The van der Waals surface area contributed by atoms with Crippen molar-refractivity contribution in [3.8, 4) is 5.75 Å². The van der Waals surface area contributed by atoms with Crippen LogP contribution in [0.15, 0.2) is 24.3 Å². The van der Waals surface area contributed by atoms with Crippen molar-refractivity contribution in [3.63, 3.8) is 0 Å². The maximum Gasteiger partial charge on any atom is 0.323 e. The highest BCUT2D eigenvalue weighted by atomic mass is 16.5. The smallest absolute Gasteiger partial charge is 0.323 e. The Labute approximate surface area is 111 Å². The molecule has 19 heavy (non-hydrogen) atoms. The normalized spacial score (nSPS) is 13.6. The second-order valence-corrected chi connectivity index (χ2v) is 4.30. The molecule has 104 valence electrons. The highest BCUT2D eigenvalue weighted by Crippen LogP contribution is 2.30. The summed E-state index contributed by atoms with van der Waals surface area (Å²) in [6, 6.07) is 6.12. The van der Waals surface area contributed by atoms with E-state index in [-0.39, 0.29) is 25.2 Å². The SMILES string of the molecule is CCOC(=O)C(CC)(Cc1ccc(O)cc1)C(=O)O. The lowest BCUT2D eigenvalue weighted by atomic mass is 9.79. The van der Waals surface area contributed by atoms with E-state index in [1.54, 1.807) is 26.0 Å². The molecule has 0 bridgehead atoms. The Kier molecular flexibility index (Phi) is 4.92. The first-order valence-corrected chi connectivity index (χ1v) is 6.14. The lowest BCUT2D eigenvalue weighted by molar-refractivity contribution is -0.168. The summed E-state index contributed by atoms with van der Waals surface area (Å²) in [4.78, 5) is 23.4. The zero-order valence-corrected chi connectivity index (χ0v) is 11.0. The van der Waals surface area contributed by atoms with Gasteiger partial charge in [-0.05, 0) is 37.5 Å². The van der Waals surface area contributed by atoms with Crippen molar-refractivity contribution in [1.29, 1.82) is 0 Å². The lowest BCUT2D eigenvalue weighted by Gasteiger charge is -2.25. The average molecular weight is 266 g/mol. The minimum absolute atomic E-state index is 0.0396. The molecule has 1 rings (SSSR count). The summed E-state index contributed by atoms with van der Waals surface area (Å²) < 4.78 is 4.89. The van der Waals surface area contributed by atoms with Gasteiger partial charge in [0.05, 0.1) is 6.61 Å². The molecule has 1 aromatic carbocycles. The second-order valence-electron chi connectivity index (χ2n) is 4.30. The number of ether oxygens (including phenoxy) is 1. The molecule has 0 aliphatic carbocycles. The van der Waals surface area contributed by atoms with Gasteiger partial charge in [0.15, 0.2) is 5.41 Å². The number of aromatic hydroxyl groups is 1. The molecule has 0 saturated heterocycles. The molecule has 0 radical (unpaired) electrons. The fourth-order valence-corrected chi connectivity index (χ4v) is 1.89. The molecule has 5 nitrogen and oxygen atoms in total. The van der Waals surface area contributed by atoms with Crippen LogP contribution >= 0.6 is 0 Å². The Hall–Kier alpha value is -2.04. The van der Waals surface area contributed by atoms with E-state index in [9.17, 15) is 19.8 Å². The van der Waals surface area contributed by atoms with E-state index in [1.807, 2.05) is 0 Å². The molecular weight excluding hydrogens is 248 g/mol. The predicted octanol–water partition coefficient (Wildman–Crippen LogP) is 1.98. The third-order valence-corrected chi connectivity index (χ3v) is 3.12. The average Bonchev–Trinajstić information content (AvgIpc) is 2.38. The van der Waals surface area contributed by atoms with Crippen molar-refractivity contribution in [3.05, 3.63) is 29.8 Å². The number of hydrogen-bond acceptors (Lipinski definition) is 4. The van der Waals surface area contributed by atoms with Crippen molar-refractivity contribution < 1.29 is 24.5 Å². The highest BCUT2D eigenvalue weighted by Gasteiger charge is 2.46.